The predicted molar refractivity (Wildman–Crippen MR) is 80.0 cm³/mol. The molecule has 0 bridgehead atoms. The summed E-state index contributed by atoms with van der Waals surface area (Å²) in [5.41, 5.74) is 0.488. The van der Waals surface area contributed by atoms with E-state index in [1.165, 1.54) is 19.1 Å². The zero-order valence-corrected chi connectivity index (χ0v) is 13.1. The molecular weight excluding hydrogens is 342 g/mol. The lowest BCUT2D eigenvalue weighted by atomic mass is 10.2. The Balaban J connectivity index is 2.47. The van der Waals surface area contributed by atoms with Crippen molar-refractivity contribution in [3.8, 4) is 0 Å². The molecule has 0 aromatic heterocycles. The first kappa shape index (κ1) is 18.8. The molecule has 1 rings (SSSR count). The number of rotatable bonds is 6. The second-order valence-electron chi connectivity index (χ2n) is 4.51. The number of ether oxygens (including phenoxy) is 1. The molecule has 0 aliphatic rings. The van der Waals surface area contributed by atoms with Gasteiger partial charge in [-0.1, -0.05) is 29.3 Å². The molecule has 1 N–H and O–H groups in total. The largest absolute Gasteiger partial charge is 0.411 e. The fraction of sp³-hybridized carbons (Fsp3) is 0.357. The average Bonchev–Trinajstić information content (AvgIpc) is 2.36. The molecule has 0 spiro atoms. The molecule has 0 saturated heterocycles. The number of carbonyl (C=O) groups is 1. The Morgan fingerprint density at radius 1 is 1.36 bits per heavy atom. The number of carbonyl (C=O) groups excluding carboxylic acids is 1. The maximum absolute atomic E-state index is 11.9. The van der Waals surface area contributed by atoms with Crippen LogP contribution in [0.1, 0.15) is 12.5 Å². The molecule has 3 nitrogen and oxygen atoms in total. The third kappa shape index (κ3) is 7.15. The number of halogens is 5. The van der Waals surface area contributed by atoms with Gasteiger partial charge in [0.25, 0.3) is 0 Å². The van der Waals surface area contributed by atoms with Crippen molar-refractivity contribution in [3.63, 3.8) is 0 Å². The van der Waals surface area contributed by atoms with Gasteiger partial charge in [-0.25, -0.2) is 0 Å². The van der Waals surface area contributed by atoms with Crippen LogP contribution in [0.2, 0.25) is 10.0 Å². The zero-order valence-electron chi connectivity index (χ0n) is 11.6. The number of alkyl halides is 3. The Hall–Kier alpha value is -1.24. The molecular formula is C14H14Cl2F3NO2. The van der Waals surface area contributed by atoms with Gasteiger partial charge in [-0.3, -0.25) is 4.79 Å². The monoisotopic (exact) mass is 355 g/mol. The number of hydrogen-bond acceptors (Lipinski definition) is 2. The van der Waals surface area contributed by atoms with Crippen molar-refractivity contribution in [2.24, 2.45) is 0 Å². The van der Waals surface area contributed by atoms with Crippen LogP contribution < -0.4 is 5.32 Å². The molecule has 22 heavy (non-hydrogen) atoms. The standard InChI is InChI=1S/C14H14Cl2F3NO2/c1-9(7-22-8-14(17,18)19)20-13(21)6-5-10-11(15)3-2-4-12(10)16/h2-6,9H,7-8H2,1H3,(H,20,21)/b6-5+. The summed E-state index contributed by atoms with van der Waals surface area (Å²) in [6.07, 6.45) is -1.75. The molecule has 1 atom stereocenters. The Bertz CT molecular complexity index is 527. The minimum atomic E-state index is -4.38. The molecule has 1 amide bonds. The van der Waals surface area contributed by atoms with Gasteiger partial charge < -0.3 is 10.1 Å². The van der Waals surface area contributed by atoms with Crippen LogP contribution >= 0.6 is 23.2 Å². The van der Waals surface area contributed by atoms with E-state index < -0.39 is 24.7 Å². The Kier molecular flexibility index (Phi) is 7.19. The Labute approximate surface area is 136 Å². The molecule has 0 saturated carbocycles. The summed E-state index contributed by atoms with van der Waals surface area (Å²) in [7, 11) is 0. The van der Waals surface area contributed by atoms with Gasteiger partial charge in [0.2, 0.25) is 5.91 Å². The van der Waals surface area contributed by atoms with Gasteiger partial charge in [0.1, 0.15) is 6.61 Å². The molecule has 0 radical (unpaired) electrons. The van der Waals surface area contributed by atoms with Gasteiger partial charge in [0.05, 0.1) is 6.61 Å². The van der Waals surface area contributed by atoms with Crippen molar-refractivity contribution in [3.05, 3.63) is 39.9 Å². The van der Waals surface area contributed by atoms with Crippen LogP contribution in [-0.4, -0.2) is 31.3 Å². The van der Waals surface area contributed by atoms with Gasteiger partial charge in [-0.15, -0.1) is 0 Å². The van der Waals surface area contributed by atoms with E-state index in [4.69, 9.17) is 23.2 Å². The Morgan fingerprint density at radius 3 is 2.50 bits per heavy atom. The molecule has 8 heteroatoms. The van der Waals surface area contributed by atoms with E-state index in [2.05, 4.69) is 10.1 Å². The van der Waals surface area contributed by atoms with Crippen LogP contribution in [-0.2, 0) is 9.53 Å². The number of hydrogen-bond donors (Lipinski definition) is 1. The normalized spacial score (nSPS) is 13.4. The number of nitrogens with one attached hydrogen (secondary N) is 1. The van der Waals surface area contributed by atoms with Crippen LogP contribution in [0.5, 0.6) is 0 Å². The lowest BCUT2D eigenvalue weighted by Gasteiger charge is -2.14. The van der Waals surface area contributed by atoms with Crippen LogP contribution in [0.25, 0.3) is 6.08 Å². The first-order valence-electron chi connectivity index (χ1n) is 6.26. The first-order valence-corrected chi connectivity index (χ1v) is 7.01. The molecule has 0 heterocycles. The minimum Gasteiger partial charge on any atom is -0.370 e. The second-order valence-corrected chi connectivity index (χ2v) is 5.32. The highest BCUT2D eigenvalue weighted by atomic mass is 35.5. The van der Waals surface area contributed by atoms with Crippen LogP contribution in [0.4, 0.5) is 13.2 Å². The lowest BCUT2D eigenvalue weighted by molar-refractivity contribution is -0.175. The summed E-state index contributed by atoms with van der Waals surface area (Å²) in [6, 6.07) is 4.35. The van der Waals surface area contributed by atoms with E-state index >= 15 is 0 Å². The van der Waals surface area contributed by atoms with Crippen LogP contribution in [0.3, 0.4) is 0 Å². The van der Waals surface area contributed by atoms with E-state index in [-0.39, 0.29) is 6.61 Å². The van der Waals surface area contributed by atoms with Crippen molar-refractivity contribution >= 4 is 35.2 Å². The third-order valence-corrected chi connectivity index (χ3v) is 3.08. The summed E-state index contributed by atoms with van der Waals surface area (Å²) >= 11 is 11.9. The molecule has 1 unspecified atom stereocenters. The molecule has 0 fully saturated rings. The van der Waals surface area contributed by atoms with E-state index in [0.29, 0.717) is 15.6 Å². The van der Waals surface area contributed by atoms with Gasteiger partial charge in [0.15, 0.2) is 0 Å². The Morgan fingerprint density at radius 2 is 1.95 bits per heavy atom. The number of benzene rings is 1. The van der Waals surface area contributed by atoms with Gasteiger partial charge in [-0.2, -0.15) is 13.2 Å². The van der Waals surface area contributed by atoms with Gasteiger partial charge in [0, 0.05) is 27.7 Å². The number of amides is 1. The van der Waals surface area contributed by atoms with Gasteiger partial charge in [-0.05, 0) is 25.1 Å². The summed E-state index contributed by atoms with van der Waals surface area (Å²) in [5.74, 6) is -0.487. The minimum absolute atomic E-state index is 0.244. The lowest BCUT2D eigenvalue weighted by Crippen LogP contribution is -2.35. The topological polar surface area (TPSA) is 38.3 Å². The highest BCUT2D eigenvalue weighted by Gasteiger charge is 2.27. The zero-order chi connectivity index (χ0) is 16.8. The van der Waals surface area contributed by atoms with Crippen LogP contribution in [0, 0.1) is 0 Å². The molecule has 122 valence electrons. The van der Waals surface area contributed by atoms with Crippen molar-refractivity contribution < 1.29 is 22.7 Å². The highest BCUT2D eigenvalue weighted by molar-refractivity contribution is 6.37. The van der Waals surface area contributed by atoms with Crippen LogP contribution in [0.15, 0.2) is 24.3 Å². The van der Waals surface area contributed by atoms with Crippen molar-refractivity contribution in [2.45, 2.75) is 19.1 Å². The van der Waals surface area contributed by atoms with Crippen molar-refractivity contribution in [1.82, 2.24) is 5.32 Å². The average molecular weight is 356 g/mol. The molecule has 1 aromatic rings. The van der Waals surface area contributed by atoms with E-state index in [9.17, 15) is 18.0 Å². The van der Waals surface area contributed by atoms with Crippen molar-refractivity contribution in [1.29, 1.82) is 0 Å². The quantitative estimate of drug-likeness (QED) is 0.780. The predicted octanol–water partition coefficient (Wildman–Crippen LogP) is 4.09. The fourth-order valence-corrected chi connectivity index (χ4v) is 2.04. The van der Waals surface area contributed by atoms with E-state index in [1.54, 1.807) is 18.2 Å². The fourth-order valence-electron chi connectivity index (χ4n) is 1.51. The van der Waals surface area contributed by atoms with Gasteiger partial charge >= 0.3 is 6.18 Å². The summed E-state index contributed by atoms with van der Waals surface area (Å²) in [5, 5.41) is 3.25. The molecule has 1 aromatic carbocycles. The van der Waals surface area contributed by atoms with E-state index in [1.807, 2.05) is 0 Å². The summed E-state index contributed by atoms with van der Waals surface area (Å²) < 4.78 is 40.2. The third-order valence-electron chi connectivity index (χ3n) is 2.42. The molecule has 0 aliphatic carbocycles. The SMILES string of the molecule is CC(COCC(F)(F)F)NC(=O)/C=C/c1c(Cl)cccc1Cl. The highest BCUT2D eigenvalue weighted by Crippen LogP contribution is 2.25. The maximum atomic E-state index is 11.9. The van der Waals surface area contributed by atoms with Crippen molar-refractivity contribution in [2.75, 3.05) is 13.2 Å². The summed E-state index contributed by atoms with van der Waals surface area (Å²) in [4.78, 5) is 11.6. The second kappa shape index (κ2) is 8.41. The van der Waals surface area contributed by atoms with E-state index in [0.717, 1.165) is 0 Å². The summed E-state index contributed by atoms with van der Waals surface area (Å²) in [6.45, 7) is -0.0607. The smallest absolute Gasteiger partial charge is 0.370 e. The molecule has 0 aliphatic heterocycles. The first-order chi connectivity index (χ1) is 10.2. The maximum Gasteiger partial charge on any atom is 0.411 e.